The first-order chi connectivity index (χ1) is 16.3. The van der Waals surface area contributed by atoms with Gasteiger partial charge in [0.25, 0.3) is 5.91 Å². The number of nitrogens with one attached hydrogen (secondary N) is 1. The first-order valence-electron chi connectivity index (χ1n) is 10.4. The van der Waals surface area contributed by atoms with Crippen LogP contribution < -0.4 is 15.8 Å². The normalized spacial score (nSPS) is 11.6. The van der Waals surface area contributed by atoms with Crippen LogP contribution in [0.1, 0.15) is 27.5 Å². The molecule has 0 aliphatic rings. The number of rotatable bonds is 7. The maximum atomic E-state index is 13.2. The minimum Gasteiger partial charge on any atom is -0.494 e. The van der Waals surface area contributed by atoms with Crippen LogP contribution in [0.25, 0.3) is 22.4 Å². The van der Waals surface area contributed by atoms with E-state index < -0.39 is 17.8 Å². The van der Waals surface area contributed by atoms with E-state index in [9.17, 15) is 18.0 Å². The number of hydrogen-bond donors (Lipinski definition) is 2. The van der Waals surface area contributed by atoms with Gasteiger partial charge >= 0.3 is 6.18 Å². The highest BCUT2D eigenvalue weighted by atomic mass is 19.4. The monoisotopic (exact) mass is 470 g/mol. The number of carbonyl (C=O) groups excluding carboxylic acids is 1. The summed E-state index contributed by atoms with van der Waals surface area (Å²) in [7, 11) is 1.34. The van der Waals surface area contributed by atoms with Crippen LogP contribution in [0, 0.1) is 0 Å². The summed E-state index contributed by atoms with van der Waals surface area (Å²) in [5, 5.41) is 3.12. The fourth-order valence-electron chi connectivity index (χ4n) is 3.53. The quantitative estimate of drug-likeness (QED) is 0.416. The third-order valence-electron chi connectivity index (χ3n) is 5.20. The zero-order valence-corrected chi connectivity index (χ0v) is 18.1. The molecule has 1 amide bonds. The Bertz CT molecular complexity index is 1320. The lowest BCUT2D eigenvalue weighted by Gasteiger charge is -2.11. The molecule has 0 spiro atoms. The van der Waals surface area contributed by atoms with Crippen molar-refractivity contribution in [2.24, 2.45) is 5.73 Å². The van der Waals surface area contributed by atoms with Gasteiger partial charge in [0.2, 0.25) is 5.89 Å². The van der Waals surface area contributed by atoms with E-state index in [1.807, 2.05) is 30.3 Å². The van der Waals surface area contributed by atoms with E-state index in [-0.39, 0.29) is 35.2 Å². The minimum absolute atomic E-state index is 0.00353. The third-order valence-corrected chi connectivity index (χ3v) is 5.20. The Morgan fingerprint density at radius 1 is 1.09 bits per heavy atom. The molecule has 0 fully saturated rings. The molecule has 0 atom stereocenters. The van der Waals surface area contributed by atoms with Gasteiger partial charge in [0.05, 0.1) is 13.7 Å². The number of halogens is 3. The number of hydrogen-bond acceptors (Lipinski definition) is 6. The first kappa shape index (κ1) is 23.2. The second-order valence-electron chi connectivity index (χ2n) is 7.39. The molecule has 176 valence electrons. The highest BCUT2D eigenvalue weighted by molar-refractivity contribution is 5.98. The molecule has 3 N–H and O–H groups in total. The van der Waals surface area contributed by atoms with Crippen LogP contribution in [0.15, 0.2) is 59.0 Å². The van der Waals surface area contributed by atoms with Crippen LogP contribution in [-0.2, 0) is 19.1 Å². The summed E-state index contributed by atoms with van der Waals surface area (Å²) in [6.07, 6.45) is -3.98. The topological polar surface area (TPSA) is 103 Å². The zero-order chi connectivity index (χ0) is 24.3. The number of oxazole rings is 1. The Balaban J connectivity index is 1.66. The smallest absolute Gasteiger partial charge is 0.433 e. The summed E-state index contributed by atoms with van der Waals surface area (Å²) >= 11 is 0. The van der Waals surface area contributed by atoms with Crippen molar-refractivity contribution in [1.82, 2.24) is 15.3 Å². The van der Waals surface area contributed by atoms with Crippen LogP contribution in [-0.4, -0.2) is 29.5 Å². The largest absolute Gasteiger partial charge is 0.494 e. The maximum Gasteiger partial charge on any atom is 0.433 e. The van der Waals surface area contributed by atoms with E-state index in [1.165, 1.54) is 19.2 Å². The Kier molecular flexibility index (Phi) is 6.51. The van der Waals surface area contributed by atoms with E-state index in [1.54, 1.807) is 6.07 Å². The molecule has 0 saturated heterocycles. The summed E-state index contributed by atoms with van der Waals surface area (Å²) in [4.78, 5) is 20.8. The zero-order valence-electron chi connectivity index (χ0n) is 18.1. The number of fused-ring (bicyclic) bond motifs is 1. The van der Waals surface area contributed by atoms with Gasteiger partial charge in [0.1, 0.15) is 17.0 Å². The number of carbonyl (C=O) groups is 1. The van der Waals surface area contributed by atoms with Crippen molar-refractivity contribution in [3.05, 3.63) is 77.3 Å². The van der Waals surface area contributed by atoms with Crippen molar-refractivity contribution in [2.75, 3.05) is 13.7 Å². The van der Waals surface area contributed by atoms with Crippen LogP contribution in [0.4, 0.5) is 13.2 Å². The average molecular weight is 470 g/mol. The summed E-state index contributed by atoms with van der Waals surface area (Å²) < 4.78 is 50.5. The Labute approximate surface area is 192 Å². The van der Waals surface area contributed by atoms with Crippen LogP contribution in [0.3, 0.4) is 0 Å². The lowest BCUT2D eigenvalue weighted by atomic mass is 10.1. The van der Waals surface area contributed by atoms with E-state index in [2.05, 4.69) is 15.3 Å². The Morgan fingerprint density at radius 2 is 1.85 bits per heavy atom. The predicted octanol–water partition coefficient (Wildman–Crippen LogP) is 4.35. The standard InChI is InChI=1S/C24H21F3N4O3/c1-33-17-9-7-16(15-8-10-19(24(25,26)27)30-20(15)17)23-31-21(18(13-28)34-23)22(32)29-12-11-14-5-3-2-4-6-14/h2-10H,11-13,28H2,1H3,(H,29,32). The van der Waals surface area contributed by atoms with E-state index in [0.717, 1.165) is 11.6 Å². The van der Waals surface area contributed by atoms with Crippen molar-refractivity contribution in [1.29, 1.82) is 0 Å². The molecule has 0 aliphatic carbocycles. The van der Waals surface area contributed by atoms with Crippen LogP contribution in [0.2, 0.25) is 0 Å². The SMILES string of the molecule is COc1ccc(-c2nc(C(=O)NCCc3ccccc3)c(CN)o2)c2ccc(C(F)(F)F)nc12. The second kappa shape index (κ2) is 9.52. The lowest BCUT2D eigenvalue weighted by Crippen LogP contribution is -2.27. The highest BCUT2D eigenvalue weighted by Crippen LogP contribution is 2.36. The Hall–Kier alpha value is -3.92. The fourth-order valence-corrected chi connectivity index (χ4v) is 3.53. The minimum atomic E-state index is -4.62. The number of methoxy groups -OCH3 is 1. The molecule has 0 aliphatic heterocycles. The number of pyridine rings is 1. The van der Waals surface area contributed by atoms with Gasteiger partial charge in [0, 0.05) is 17.5 Å². The molecule has 10 heteroatoms. The molecule has 34 heavy (non-hydrogen) atoms. The lowest BCUT2D eigenvalue weighted by molar-refractivity contribution is -0.140. The molecule has 2 heterocycles. The van der Waals surface area contributed by atoms with Gasteiger partial charge in [-0.15, -0.1) is 0 Å². The number of nitrogens with two attached hydrogens (primary N) is 1. The second-order valence-corrected chi connectivity index (χ2v) is 7.39. The molecule has 4 aromatic rings. The van der Waals surface area contributed by atoms with Crippen molar-refractivity contribution in [2.45, 2.75) is 19.1 Å². The number of amides is 1. The number of alkyl halides is 3. The molecule has 4 rings (SSSR count). The van der Waals surface area contributed by atoms with Gasteiger partial charge < -0.3 is 20.2 Å². The van der Waals surface area contributed by atoms with Crippen molar-refractivity contribution in [3.63, 3.8) is 0 Å². The number of aromatic nitrogens is 2. The molecule has 2 aromatic carbocycles. The predicted molar refractivity (Wildman–Crippen MR) is 119 cm³/mol. The summed E-state index contributed by atoms with van der Waals surface area (Å²) in [5.74, 6) is -0.0880. The average Bonchev–Trinajstić information content (AvgIpc) is 3.27. The molecular formula is C24H21F3N4O3. The molecule has 7 nitrogen and oxygen atoms in total. The summed E-state index contributed by atoms with van der Waals surface area (Å²) in [6.45, 7) is 0.295. The maximum absolute atomic E-state index is 13.2. The van der Waals surface area contributed by atoms with Gasteiger partial charge in [-0.25, -0.2) is 9.97 Å². The number of nitrogens with zero attached hydrogens (tertiary/aromatic N) is 2. The Morgan fingerprint density at radius 3 is 2.53 bits per heavy atom. The van der Waals surface area contributed by atoms with Gasteiger partial charge in [0.15, 0.2) is 11.5 Å². The van der Waals surface area contributed by atoms with Crippen LogP contribution >= 0.6 is 0 Å². The van der Waals surface area contributed by atoms with E-state index >= 15 is 0 Å². The van der Waals surface area contributed by atoms with E-state index in [4.69, 9.17) is 14.9 Å². The summed E-state index contributed by atoms with van der Waals surface area (Å²) in [5.41, 5.74) is 6.15. The molecule has 0 radical (unpaired) electrons. The first-order valence-corrected chi connectivity index (χ1v) is 10.4. The van der Waals surface area contributed by atoms with Crippen molar-refractivity contribution >= 4 is 16.8 Å². The molecular weight excluding hydrogens is 449 g/mol. The van der Waals surface area contributed by atoms with Gasteiger partial charge in [-0.1, -0.05) is 30.3 Å². The van der Waals surface area contributed by atoms with Crippen LogP contribution in [0.5, 0.6) is 5.75 Å². The van der Waals surface area contributed by atoms with E-state index in [0.29, 0.717) is 23.9 Å². The summed E-state index contributed by atoms with van der Waals surface area (Å²) in [6, 6.07) is 14.9. The molecule has 0 bridgehead atoms. The van der Waals surface area contributed by atoms with Crippen molar-refractivity contribution < 1.29 is 27.1 Å². The molecule has 2 aromatic heterocycles. The fraction of sp³-hybridized carbons (Fsp3) is 0.208. The van der Waals surface area contributed by atoms with Gasteiger partial charge in [-0.05, 0) is 36.2 Å². The molecule has 0 unspecified atom stereocenters. The number of ether oxygens (including phenoxy) is 1. The van der Waals surface area contributed by atoms with Gasteiger partial charge in [-0.3, -0.25) is 4.79 Å². The van der Waals surface area contributed by atoms with Gasteiger partial charge in [-0.2, -0.15) is 13.2 Å². The van der Waals surface area contributed by atoms with Crippen molar-refractivity contribution in [3.8, 4) is 17.2 Å². The molecule has 0 saturated carbocycles. The third kappa shape index (κ3) is 4.72. The number of benzene rings is 2. The highest BCUT2D eigenvalue weighted by Gasteiger charge is 2.33.